The van der Waals surface area contributed by atoms with Crippen molar-refractivity contribution in [1.82, 2.24) is 15.5 Å². The minimum Gasteiger partial charge on any atom is -0.466 e. The molecule has 0 bridgehead atoms. The van der Waals surface area contributed by atoms with Crippen molar-refractivity contribution in [2.45, 2.75) is 78.0 Å². The molecule has 0 saturated heterocycles. The van der Waals surface area contributed by atoms with Gasteiger partial charge < -0.3 is 25.0 Å². The molecular formula is C28H41N3O6S. The van der Waals surface area contributed by atoms with Gasteiger partial charge in [0, 0.05) is 24.4 Å². The molecule has 0 heterocycles. The molecule has 1 aromatic carbocycles. The van der Waals surface area contributed by atoms with Gasteiger partial charge >= 0.3 is 12.1 Å². The smallest absolute Gasteiger partial charge is 0.408 e. The Morgan fingerprint density at radius 3 is 2.29 bits per heavy atom. The molecule has 2 unspecified atom stereocenters. The van der Waals surface area contributed by atoms with Crippen LogP contribution in [0.15, 0.2) is 24.3 Å². The molecular weight excluding hydrogens is 506 g/mol. The Balaban J connectivity index is 3.34. The van der Waals surface area contributed by atoms with Crippen LogP contribution in [-0.4, -0.2) is 65.9 Å². The van der Waals surface area contributed by atoms with Crippen molar-refractivity contribution in [3.05, 3.63) is 35.4 Å². The first-order chi connectivity index (χ1) is 18.0. The van der Waals surface area contributed by atoms with Crippen molar-refractivity contribution in [3.63, 3.8) is 0 Å². The maximum Gasteiger partial charge on any atom is 0.408 e. The third-order valence-corrected chi connectivity index (χ3v) is 5.71. The lowest BCUT2D eigenvalue weighted by Crippen LogP contribution is -2.54. The highest BCUT2D eigenvalue weighted by atomic mass is 32.1. The fourth-order valence-electron chi connectivity index (χ4n) is 3.59. The summed E-state index contributed by atoms with van der Waals surface area (Å²) in [4.78, 5) is 53.0. The summed E-state index contributed by atoms with van der Waals surface area (Å²) in [7, 11) is 0. The van der Waals surface area contributed by atoms with Gasteiger partial charge in [-0.1, -0.05) is 37.8 Å². The lowest BCUT2D eigenvalue weighted by Gasteiger charge is -2.34. The largest absolute Gasteiger partial charge is 0.466 e. The van der Waals surface area contributed by atoms with E-state index in [-0.39, 0.29) is 31.9 Å². The number of alkyl carbamates (subject to hydrolysis) is 1. The number of hydrogen-bond donors (Lipinski definition) is 3. The molecule has 2 atom stereocenters. The second kappa shape index (κ2) is 16.6. The maximum atomic E-state index is 13.8. The van der Waals surface area contributed by atoms with Gasteiger partial charge in [0.1, 0.15) is 17.7 Å². The van der Waals surface area contributed by atoms with E-state index in [0.29, 0.717) is 17.5 Å². The number of benzene rings is 1. The van der Waals surface area contributed by atoms with E-state index in [1.165, 1.54) is 4.90 Å². The highest BCUT2D eigenvalue weighted by Crippen LogP contribution is 2.24. The average molecular weight is 548 g/mol. The van der Waals surface area contributed by atoms with Crippen LogP contribution in [0.5, 0.6) is 0 Å². The number of esters is 1. The van der Waals surface area contributed by atoms with Gasteiger partial charge in [-0.25, -0.2) is 4.79 Å². The number of terminal acetylenes is 1. The highest BCUT2D eigenvalue weighted by Gasteiger charge is 2.35. The summed E-state index contributed by atoms with van der Waals surface area (Å²) in [5, 5.41) is 5.33. The average Bonchev–Trinajstić information content (AvgIpc) is 2.85. The summed E-state index contributed by atoms with van der Waals surface area (Å²) >= 11 is 4.29. The van der Waals surface area contributed by atoms with Gasteiger partial charge in [0.05, 0.1) is 13.0 Å². The molecule has 0 spiro atoms. The number of ether oxygens (including phenoxy) is 2. The minimum absolute atomic E-state index is 0.00438. The van der Waals surface area contributed by atoms with E-state index in [4.69, 9.17) is 15.9 Å². The maximum absolute atomic E-state index is 13.8. The lowest BCUT2D eigenvalue weighted by molar-refractivity contribution is -0.144. The molecule has 9 nitrogen and oxygen atoms in total. The third-order valence-electron chi connectivity index (χ3n) is 5.34. The van der Waals surface area contributed by atoms with Crippen LogP contribution in [0.4, 0.5) is 4.79 Å². The minimum atomic E-state index is -1.03. The summed E-state index contributed by atoms with van der Waals surface area (Å²) < 4.78 is 10.2. The fraction of sp³-hybridized carbons (Fsp3) is 0.571. The number of amides is 3. The Morgan fingerprint density at radius 1 is 1.11 bits per heavy atom. The van der Waals surface area contributed by atoms with Crippen LogP contribution in [0.1, 0.15) is 77.5 Å². The summed E-state index contributed by atoms with van der Waals surface area (Å²) in [6.07, 6.45) is 7.11. The lowest BCUT2D eigenvalue weighted by atomic mass is 10.0. The van der Waals surface area contributed by atoms with Crippen LogP contribution >= 0.6 is 12.6 Å². The summed E-state index contributed by atoms with van der Waals surface area (Å²) in [5.41, 5.74) is 0.409. The summed E-state index contributed by atoms with van der Waals surface area (Å²) in [5.74, 6) is 1.15. The van der Waals surface area contributed by atoms with Gasteiger partial charge in [0.25, 0.3) is 0 Å². The number of hydrogen-bond acceptors (Lipinski definition) is 7. The highest BCUT2D eigenvalue weighted by molar-refractivity contribution is 7.80. The summed E-state index contributed by atoms with van der Waals surface area (Å²) in [6, 6.07) is 4.71. The van der Waals surface area contributed by atoms with E-state index in [2.05, 4.69) is 29.2 Å². The number of nitrogens with zero attached hydrogens (tertiary/aromatic N) is 1. The van der Waals surface area contributed by atoms with E-state index < -0.39 is 41.6 Å². The second-order valence-electron chi connectivity index (χ2n) is 9.64. The van der Waals surface area contributed by atoms with Gasteiger partial charge in [-0.3, -0.25) is 14.4 Å². The zero-order chi connectivity index (χ0) is 28.7. The summed E-state index contributed by atoms with van der Waals surface area (Å²) in [6.45, 7) is 9.44. The first-order valence-corrected chi connectivity index (χ1v) is 13.5. The molecule has 0 aliphatic carbocycles. The van der Waals surface area contributed by atoms with Gasteiger partial charge in [0.15, 0.2) is 0 Å². The van der Waals surface area contributed by atoms with E-state index >= 15 is 0 Å². The molecule has 0 saturated carbocycles. The zero-order valence-corrected chi connectivity index (χ0v) is 23.9. The van der Waals surface area contributed by atoms with Crippen molar-refractivity contribution in [2.24, 2.45) is 0 Å². The fourth-order valence-corrected chi connectivity index (χ4v) is 3.83. The van der Waals surface area contributed by atoms with E-state index in [1.54, 1.807) is 52.0 Å². The Bertz CT molecular complexity index is 968. The Hall–Kier alpha value is -3.19. The van der Waals surface area contributed by atoms with Crippen LogP contribution in [-0.2, 0) is 23.9 Å². The van der Waals surface area contributed by atoms with Gasteiger partial charge in [0.2, 0.25) is 11.8 Å². The molecule has 0 aliphatic rings. The molecule has 3 amide bonds. The van der Waals surface area contributed by atoms with Crippen molar-refractivity contribution >= 4 is 36.5 Å². The second-order valence-corrected chi connectivity index (χ2v) is 10.0. The third kappa shape index (κ3) is 11.5. The SMILES string of the molecule is C#Cc1ccc(C(C(=O)NCCC(=O)OCC)N(CCCCC)C(=O)C(CS)NC(=O)OC(C)(C)C)cc1. The van der Waals surface area contributed by atoms with Crippen molar-refractivity contribution < 1.29 is 28.7 Å². The Kier molecular flexibility index (Phi) is 14.4. The standard InChI is InChI=1S/C28H41N3O6S/c1-7-10-11-18-31(26(34)22(19-38)30-27(35)37-28(4,5)6)24(21-14-12-20(8-2)13-15-21)25(33)29-17-16-23(32)36-9-3/h2,12-15,22,24,38H,7,9-11,16-19H2,1,3-6H3,(H,29,33)(H,30,35). The van der Waals surface area contributed by atoms with Gasteiger partial charge in [-0.05, 0) is 51.8 Å². The van der Waals surface area contributed by atoms with Crippen LogP contribution < -0.4 is 10.6 Å². The van der Waals surface area contributed by atoms with Crippen molar-refractivity contribution in [1.29, 1.82) is 0 Å². The molecule has 0 aromatic heterocycles. The Morgan fingerprint density at radius 2 is 1.76 bits per heavy atom. The topological polar surface area (TPSA) is 114 Å². The monoisotopic (exact) mass is 547 g/mol. The van der Waals surface area contributed by atoms with E-state index in [1.807, 2.05) is 6.92 Å². The van der Waals surface area contributed by atoms with Crippen LogP contribution in [0.3, 0.4) is 0 Å². The number of nitrogens with one attached hydrogen (secondary N) is 2. The van der Waals surface area contributed by atoms with Crippen LogP contribution in [0, 0.1) is 12.3 Å². The predicted molar refractivity (Wildman–Crippen MR) is 150 cm³/mol. The van der Waals surface area contributed by atoms with E-state index in [0.717, 1.165) is 12.8 Å². The molecule has 1 aromatic rings. The molecule has 10 heteroatoms. The molecule has 0 aliphatic heterocycles. The number of carbonyl (C=O) groups excluding carboxylic acids is 4. The normalized spacial score (nSPS) is 12.4. The molecule has 1 rings (SSSR count). The molecule has 38 heavy (non-hydrogen) atoms. The number of rotatable bonds is 14. The molecule has 2 N–H and O–H groups in total. The molecule has 0 radical (unpaired) electrons. The van der Waals surface area contributed by atoms with Gasteiger partial charge in [-0.2, -0.15) is 12.6 Å². The number of unbranched alkanes of at least 4 members (excludes halogenated alkanes) is 2. The number of carbonyl (C=O) groups is 4. The number of thiol groups is 1. The first kappa shape index (κ1) is 32.8. The predicted octanol–water partition coefficient (Wildman–Crippen LogP) is 3.62. The Labute approximate surface area is 231 Å². The quantitative estimate of drug-likeness (QED) is 0.142. The van der Waals surface area contributed by atoms with Crippen molar-refractivity contribution in [2.75, 3.05) is 25.4 Å². The zero-order valence-electron chi connectivity index (χ0n) is 23.0. The van der Waals surface area contributed by atoms with Crippen molar-refractivity contribution in [3.8, 4) is 12.3 Å². The first-order valence-electron chi connectivity index (χ1n) is 12.9. The van der Waals surface area contributed by atoms with Gasteiger partial charge in [-0.15, -0.1) is 6.42 Å². The van der Waals surface area contributed by atoms with Crippen LogP contribution in [0.2, 0.25) is 0 Å². The van der Waals surface area contributed by atoms with Crippen LogP contribution in [0.25, 0.3) is 0 Å². The molecule has 0 fully saturated rings. The molecule has 210 valence electrons. The van der Waals surface area contributed by atoms with E-state index in [9.17, 15) is 19.2 Å².